The Morgan fingerprint density at radius 3 is 2.55 bits per heavy atom. The molecule has 64 valence electrons. The predicted molar refractivity (Wildman–Crippen MR) is 47.9 cm³/mol. The highest BCUT2D eigenvalue weighted by atomic mass is 35.5. The largest absolute Gasteiger partial charge is 0.306 e. The third kappa shape index (κ3) is 3.36. The summed E-state index contributed by atoms with van der Waals surface area (Å²) in [6.45, 7) is 3.50. The molecule has 0 fully saturated rings. The normalized spacial score (nSPS) is 10.6. The minimum absolute atomic E-state index is 0. The second kappa shape index (κ2) is 6.15. The van der Waals surface area contributed by atoms with Crippen molar-refractivity contribution in [2.24, 2.45) is 5.73 Å². The van der Waals surface area contributed by atoms with Gasteiger partial charge in [-0.1, -0.05) is 12.7 Å². The lowest BCUT2D eigenvalue weighted by atomic mass is 10.5. The Bertz CT molecular complexity index is 186. The minimum Gasteiger partial charge on any atom is -0.306 e. The summed E-state index contributed by atoms with van der Waals surface area (Å²) in [5.41, 5.74) is 5.48. The maximum Gasteiger partial charge on any atom is 0.137 e. The first-order valence-electron chi connectivity index (χ1n) is 2.57. The van der Waals surface area contributed by atoms with Crippen molar-refractivity contribution in [3.63, 3.8) is 0 Å². The summed E-state index contributed by atoms with van der Waals surface area (Å²) in [5.74, 6) is 0. The molecule has 1 aromatic rings. The lowest BCUT2D eigenvalue weighted by Gasteiger charge is -2.02. The molecule has 0 bridgehead atoms. The Kier molecular flexibility index (Phi) is 7.29. The number of rotatable bonds is 2. The molecule has 0 amide bonds. The molecule has 0 saturated carbocycles. The van der Waals surface area contributed by atoms with E-state index in [0.29, 0.717) is 0 Å². The van der Waals surface area contributed by atoms with Crippen molar-refractivity contribution < 1.29 is 0 Å². The van der Waals surface area contributed by atoms with Gasteiger partial charge in [0.25, 0.3) is 0 Å². The molecule has 2 N–H and O–H groups in total. The minimum atomic E-state index is -0.257. The van der Waals surface area contributed by atoms with Gasteiger partial charge in [-0.2, -0.15) is 5.10 Å². The fraction of sp³-hybridized carbons (Fsp3) is 0.200. The number of hydrogen-bond acceptors (Lipinski definition) is 3. The van der Waals surface area contributed by atoms with E-state index in [2.05, 4.69) is 16.7 Å². The zero-order valence-corrected chi connectivity index (χ0v) is 7.38. The Labute approximate surface area is 77.3 Å². The third-order valence-electron chi connectivity index (χ3n) is 0.984. The lowest BCUT2D eigenvalue weighted by Crippen LogP contribution is -2.15. The molecule has 0 radical (unpaired) electrons. The Morgan fingerprint density at radius 2 is 2.18 bits per heavy atom. The van der Waals surface area contributed by atoms with Gasteiger partial charge >= 0.3 is 0 Å². The van der Waals surface area contributed by atoms with Gasteiger partial charge in [-0.05, 0) is 0 Å². The third-order valence-corrected chi connectivity index (χ3v) is 0.984. The summed E-state index contributed by atoms with van der Waals surface area (Å²) in [7, 11) is 0. The number of nitrogens with two attached hydrogens (primary N) is 1. The SMILES string of the molecule is C=CC(N)n1cncn1.Cl.Cl. The maximum atomic E-state index is 5.48. The predicted octanol–water partition coefficient (Wildman–Crippen LogP) is 0.765. The molecule has 1 aromatic heterocycles. The molecular formula is C5H10Cl2N4. The van der Waals surface area contributed by atoms with Gasteiger partial charge in [-0.3, -0.25) is 0 Å². The topological polar surface area (TPSA) is 56.7 Å². The Balaban J connectivity index is 0. The first-order chi connectivity index (χ1) is 4.34. The van der Waals surface area contributed by atoms with Gasteiger partial charge in [0.2, 0.25) is 0 Å². The van der Waals surface area contributed by atoms with Crippen LogP contribution in [0.15, 0.2) is 25.3 Å². The summed E-state index contributed by atoms with van der Waals surface area (Å²) < 4.78 is 1.52. The fourth-order valence-corrected chi connectivity index (χ4v) is 0.479. The number of hydrogen-bond donors (Lipinski definition) is 1. The molecule has 1 heterocycles. The molecule has 0 aromatic carbocycles. The molecule has 0 aliphatic rings. The summed E-state index contributed by atoms with van der Waals surface area (Å²) in [6.07, 6.45) is 4.32. The van der Waals surface area contributed by atoms with Gasteiger partial charge in [-0.15, -0.1) is 24.8 Å². The van der Waals surface area contributed by atoms with Gasteiger partial charge in [0.15, 0.2) is 0 Å². The van der Waals surface area contributed by atoms with E-state index in [1.54, 1.807) is 12.4 Å². The van der Waals surface area contributed by atoms with Crippen LogP contribution >= 0.6 is 24.8 Å². The van der Waals surface area contributed by atoms with E-state index < -0.39 is 0 Å². The van der Waals surface area contributed by atoms with Crippen molar-refractivity contribution in [3.8, 4) is 0 Å². The van der Waals surface area contributed by atoms with E-state index >= 15 is 0 Å². The first kappa shape index (κ1) is 13.0. The van der Waals surface area contributed by atoms with Crippen LogP contribution in [0.5, 0.6) is 0 Å². The maximum absolute atomic E-state index is 5.48. The summed E-state index contributed by atoms with van der Waals surface area (Å²) in [6, 6.07) is 0. The molecule has 1 rings (SSSR count). The van der Waals surface area contributed by atoms with Crippen molar-refractivity contribution in [1.29, 1.82) is 0 Å². The monoisotopic (exact) mass is 196 g/mol. The van der Waals surface area contributed by atoms with Crippen LogP contribution in [-0.2, 0) is 0 Å². The van der Waals surface area contributed by atoms with E-state index in [1.807, 2.05) is 0 Å². The van der Waals surface area contributed by atoms with Crippen LogP contribution in [0.3, 0.4) is 0 Å². The molecule has 0 spiro atoms. The van der Waals surface area contributed by atoms with Gasteiger partial charge in [0.05, 0.1) is 0 Å². The average molecular weight is 197 g/mol. The van der Waals surface area contributed by atoms with Crippen molar-refractivity contribution in [2.45, 2.75) is 6.17 Å². The van der Waals surface area contributed by atoms with E-state index in [9.17, 15) is 0 Å². The average Bonchev–Trinajstić information content (AvgIpc) is 2.37. The molecule has 6 heteroatoms. The Hall–Kier alpha value is -0.580. The van der Waals surface area contributed by atoms with Crippen LogP contribution < -0.4 is 5.73 Å². The van der Waals surface area contributed by atoms with Gasteiger partial charge in [0, 0.05) is 0 Å². The molecule has 11 heavy (non-hydrogen) atoms. The van der Waals surface area contributed by atoms with Crippen molar-refractivity contribution in [2.75, 3.05) is 0 Å². The quantitative estimate of drug-likeness (QED) is 0.712. The number of aromatic nitrogens is 3. The van der Waals surface area contributed by atoms with Crippen LogP contribution in [0.2, 0.25) is 0 Å². The van der Waals surface area contributed by atoms with Crippen LogP contribution in [-0.4, -0.2) is 14.8 Å². The zero-order valence-electron chi connectivity index (χ0n) is 5.75. The molecule has 1 unspecified atom stereocenters. The molecule has 0 aliphatic heterocycles. The molecule has 0 saturated heterocycles. The summed E-state index contributed by atoms with van der Waals surface area (Å²) >= 11 is 0. The van der Waals surface area contributed by atoms with Gasteiger partial charge < -0.3 is 5.73 Å². The highest BCUT2D eigenvalue weighted by Crippen LogP contribution is 1.92. The highest BCUT2D eigenvalue weighted by Gasteiger charge is 1.95. The van der Waals surface area contributed by atoms with Crippen LogP contribution in [0.1, 0.15) is 6.17 Å². The Morgan fingerprint density at radius 1 is 1.55 bits per heavy atom. The van der Waals surface area contributed by atoms with E-state index in [4.69, 9.17) is 5.73 Å². The van der Waals surface area contributed by atoms with Crippen LogP contribution in [0, 0.1) is 0 Å². The van der Waals surface area contributed by atoms with E-state index in [-0.39, 0.29) is 31.0 Å². The van der Waals surface area contributed by atoms with Crippen LogP contribution in [0.25, 0.3) is 0 Å². The lowest BCUT2D eigenvalue weighted by molar-refractivity contribution is 0.557. The standard InChI is InChI=1S/C5H8N4.2ClH/c1-2-5(6)9-4-7-3-8-9;;/h2-5H,1,6H2;2*1H. The fourth-order valence-electron chi connectivity index (χ4n) is 0.479. The van der Waals surface area contributed by atoms with Crippen molar-refractivity contribution in [1.82, 2.24) is 14.8 Å². The number of halogens is 2. The van der Waals surface area contributed by atoms with Crippen molar-refractivity contribution in [3.05, 3.63) is 25.3 Å². The highest BCUT2D eigenvalue weighted by molar-refractivity contribution is 5.85. The number of nitrogens with zero attached hydrogens (tertiary/aromatic N) is 3. The zero-order chi connectivity index (χ0) is 6.69. The van der Waals surface area contributed by atoms with E-state index in [1.165, 1.54) is 11.0 Å². The van der Waals surface area contributed by atoms with Gasteiger partial charge in [-0.25, -0.2) is 9.67 Å². The smallest absolute Gasteiger partial charge is 0.137 e. The molecule has 4 nitrogen and oxygen atoms in total. The summed E-state index contributed by atoms with van der Waals surface area (Å²) in [4.78, 5) is 3.72. The van der Waals surface area contributed by atoms with Gasteiger partial charge in [0.1, 0.15) is 18.8 Å². The second-order valence-electron chi connectivity index (χ2n) is 1.60. The first-order valence-corrected chi connectivity index (χ1v) is 2.57. The van der Waals surface area contributed by atoms with E-state index in [0.717, 1.165) is 0 Å². The molecular weight excluding hydrogens is 187 g/mol. The van der Waals surface area contributed by atoms with Crippen molar-refractivity contribution >= 4 is 24.8 Å². The second-order valence-corrected chi connectivity index (χ2v) is 1.60. The van der Waals surface area contributed by atoms with Crippen LogP contribution in [0.4, 0.5) is 0 Å². The summed E-state index contributed by atoms with van der Waals surface area (Å²) in [5, 5.41) is 3.80. The molecule has 1 atom stereocenters. The molecule has 0 aliphatic carbocycles.